The molecule has 0 amide bonds. The average molecular weight is 252 g/mol. The van der Waals surface area contributed by atoms with Crippen molar-refractivity contribution in [3.63, 3.8) is 0 Å². The van der Waals surface area contributed by atoms with Gasteiger partial charge in [0.2, 0.25) is 0 Å². The summed E-state index contributed by atoms with van der Waals surface area (Å²) < 4.78 is 37.6. The molecular weight excluding hydrogens is 245 g/mol. The molecule has 0 heterocycles. The van der Waals surface area contributed by atoms with Gasteiger partial charge in [0.25, 0.3) is 0 Å². The number of rotatable bonds is 3. The first-order valence-electron chi connectivity index (χ1n) is 4.77. The number of nitrogens with zero attached hydrogens (tertiary/aromatic N) is 4. The van der Waals surface area contributed by atoms with Crippen molar-refractivity contribution in [1.82, 2.24) is 0 Å². The third-order valence-corrected chi connectivity index (χ3v) is 1.97. The Hall–Kier alpha value is -2.45. The Morgan fingerprint density at radius 2 is 2.11 bits per heavy atom. The van der Waals surface area contributed by atoms with Gasteiger partial charge in [-0.1, -0.05) is 17.3 Å². The van der Waals surface area contributed by atoms with Crippen LogP contribution in [0.1, 0.15) is 16.7 Å². The molecule has 92 valence electrons. The summed E-state index contributed by atoms with van der Waals surface area (Å²) in [7, 11) is 0. The molecule has 4 nitrogen and oxygen atoms in total. The number of azide groups is 1. The van der Waals surface area contributed by atoms with Gasteiger partial charge < -0.3 is 0 Å². The fourth-order valence-electron chi connectivity index (χ4n) is 1.25. The zero-order valence-corrected chi connectivity index (χ0v) is 9.02. The maximum absolute atomic E-state index is 12.5. The Morgan fingerprint density at radius 1 is 1.39 bits per heavy atom. The summed E-state index contributed by atoms with van der Waals surface area (Å²) in [6.45, 7) is 0.0363. The molecule has 1 rings (SSSR count). The van der Waals surface area contributed by atoms with E-state index < -0.39 is 11.7 Å². The van der Waals surface area contributed by atoms with Crippen LogP contribution in [0.4, 0.5) is 13.2 Å². The standard InChI is InChI=1S/C11H7F3N4/c12-11(13,14)10-5-8(2-1-3-17-18-16)4-9(6-10)7-15/h1-2,4-6H,3H2. The molecule has 0 atom stereocenters. The summed E-state index contributed by atoms with van der Waals surface area (Å²) in [5, 5.41) is 11.9. The molecule has 0 aromatic heterocycles. The first kappa shape index (κ1) is 13.6. The predicted octanol–water partition coefficient (Wildman–Crippen LogP) is 3.90. The lowest BCUT2D eigenvalue weighted by Crippen LogP contribution is -2.05. The van der Waals surface area contributed by atoms with Crippen LogP contribution in [0.15, 0.2) is 29.4 Å². The van der Waals surface area contributed by atoms with Crippen molar-refractivity contribution in [1.29, 1.82) is 5.26 Å². The number of nitriles is 1. The summed E-state index contributed by atoms with van der Waals surface area (Å²) >= 11 is 0. The highest BCUT2D eigenvalue weighted by Gasteiger charge is 2.30. The van der Waals surface area contributed by atoms with E-state index in [1.54, 1.807) is 6.07 Å². The van der Waals surface area contributed by atoms with E-state index in [-0.39, 0.29) is 17.7 Å². The molecule has 0 aliphatic carbocycles. The van der Waals surface area contributed by atoms with E-state index in [2.05, 4.69) is 10.0 Å². The Labute approximate surface area is 101 Å². The molecule has 0 spiro atoms. The third-order valence-electron chi connectivity index (χ3n) is 1.97. The van der Waals surface area contributed by atoms with Gasteiger partial charge in [0, 0.05) is 11.5 Å². The van der Waals surface area contributed by atoms with E-state index in [4.69, 9.17) is 10.8 Å². The quantitative estimate of drug-likeness (QED) is 0.456. The van der Waals surface area contributed by atoms with E-state index in [1.165, 1.54) is 18.2 Å². The lowest BCUT2D eigenvalue weighted by molar-refractivity contribution is -0.137. The van der Waals surface area contributed by atoms with Gasteiger partial charge in [0.05, 0.1) is 17.2 Å². The highest BCUT2D eigenvalue weighted by molar-refractivity contribution is 5.54. The SMILES string of the molecule is N#Cc1cc(C=CCN=[N+]=[N-])cc(C(F)(F)F)c1. The second-order valence-electron chi connectivity index (χ2n) is 3.27. The Bertz CT molecular complexity index is 548. The fourth-order valence-corrected chi connectivity index (χ4v) is 1.25. The van der Waals surface area contributed by atoms with Crippen LogP contribution in [0.2, 0.25) is 0 Å². The van der Waals surface area contributed by atoms with Crippen LogP contribution >= 0.6 is 0 Å². The molecule has 18 heavy (non-hydrogen) atoms. The summed E-state index contributed by atoms with van der Waals surface area (Å²) in [6.07, 6.45) is -1.72. The molecule has 1 aromatic carbocycles. The van der Waals surface area contributed by atoms with Crippen molar-refractivity contribution in [3.05, 3.63) is 51.4 Å². The van der Waals surface area contributed by atoms with Crippen molar-refractivity contribution in [2.75, 3.05) is 6.54 Å². The monoisotopic (exact) mass is 252 g/mol. The van der Waals surface area contributed by atoms with Gasteiger partial charge in [0.1, 0.15) is 0 Å². The second kappa shape index (κ2) is 5.75. The van der Waals surface area contributed by atoms with E-state index in [0.29, 0.717) is 0 Å². The zero-order chi connectivity index (χ0) is 13.6. The van der Waals surface area contributed by atoms with E-state index in [0.717, 1.165) is 12.1 Å². The molecule has 0 radical (unpaired) electrons. The largest absolute Gasteiger partial charge is 0.416 e. The molecule has 0 aliphatic heterocycles. The van der Waals surface area contributed by atoms with Crippen LogP contribution < -0.4 is 0 Å². The molecule has 0 fully saturated rings. The maximum atomic E-state index is 12.5. The Morgan fingerprint density at radius 3 is 2.67 bits per heavy atom. The van der Waals surface area contributed by atoms with Gasteiger partial charge in [-0.15, -0.1) is 0 Å². The summed E-state index contributed by atoms with van der Waals surface area (Å²) in [5.74, 6) is 0. The minimum absolute atomic E-state index is 0.0363. The highest BCUT2D eigenvalue weighted by atomic mass is 19.4. The average Bonchev–Trinajstić information content (AvgIpc) is 2.33. The van der Waals surface area contributed by atoms with Crippen LogP contribution in [-0.2, 0) is 6.18 Å². The lowest BCUT2D eigenvalue weighted by atomic mass is 10.1. The number of benzene rings is 1. The van der Waals surface area contributed by atoms with Gasteiger partial charge in [-0.3, -0.25) is 0 Å². The van der Waals surface area contributed by atoms with Crippen LogP contribution in [0.5, 0.6) is 0 Å². The first-order chi connectivity index (χ1) is 8.47. The smallest absolute Gasteiger partial charge is 0.192 e. The molecule has 7 heteroatoms. The van der Waals surface area contributed by atoms with Crippen LogP contribution in [-0.4, -0.2) is 6.54 Å². The predicted molar refractivity (Wildman–Crippen MR) is 59.2 cm³/mol. The fraction of sp³-hybridized carbons (Fsp3) is 0.182. The van der Waals surface area contributed by atoms with Crippen molar-refractivity contribution in [2.45, 2.75) is 6.18 Å². The molecule has 1 aromatic rings. The second-order valence-corrected chi connectivity index (χ2v) is 3.27. The minimum Gasteiger partial charge on any atom is -0.192 e. The van der Waals surface area contributed by atoms with Crippen molar-refractivity contribution in [3.8, 4) is 6.07 Å². The molecule has 0 saturated carbocycles. The molecular formula is C11H7F3N4. The van der Waals surface area contributed by atoms with Crippen molar-refractivity contribution >= 4 is 6.08 Å². The summed E-state index contributed by atoms with van der Waals surface area (Å²) in [5.41, 5.74) is 7.30. The molecule has 0 bridgehead atoms. The van der Waals surface area contributed by atoms with Crippen molar-refractivity contribution < 1.29 is 13.2 Å². The lowest BCUT2D eigenvalue weighted by Gasteiger charge is -2.07. The van der Waals surface area contributed by atoms with Crippen LogP contribution in [0.3, 0.4) is 0 Å². The molecule has 0 aliphatic rings. The van der Waals surface area contributed by atoms with Gasteiger partial charge in [-0.25, -0.2) is 0 Å². The number of halogens is 3. The van der Waals surface area contributed by atoms with E-state index in [9.17, 15) is 13.2 Å². The number of hydrogen-bond donors (Lipinski definition) is 0. The molecule has 0 N–H and O–H groups in total. The Kier molecular flexibility index (Phi) is 4.35. The zero-order valence-electron chi connectivity index (χ0n) is 9.02. The van der Waals surface area contributed by atoms with Gasteiger partial charge in [-0.2, -0.15) is 18.4 Å². The van der Waals surface area contributed by atoms with E-state index >= 15 is 0 Å². The summed E-state index contributed by atoms with van der Waals surface area (Å²) in [4.78, 5) is 2.50. The number of alkyl halides is 3. The maximum Gasteiger partial charge on any atom is 0.416 e. The Balaban J connectivity index is 3.09. The topological polar surface area (TPSA) is 72.5 Å². The van der Waals surface area contributed by atoms with Gasteiger partial charge >= 0.3 is 6.18 Å². The third kappa shape index (κ3) is 3.85. The molecule has 0 unspecified atom stereocenters. The highest BCUT2D eigenvalue weighted by Crippen LogP contribution is 2.30. The summed E-state index contributed by atoms with van der Waals surface area (Å²) in [6, 6.07) is 4.69. The van der Waals surface area contributed by atoms with Gasteiger partial charge in [-0.05, 0) is 29.3 Å². The van der Waals surface area contributed by atoms with Crippen LogP contribution in [0, 0.1) is 11.3 Å². The normalized spacial score (nSPS) is 11.0. The van der Waals surface area contributed by atoms with Crippen molar-refractivity contribution in [2.24, 2.45) is 5.11 Å². The first-order valence-corrected chi connectivity index (χ1v) is 4.77. The van der Waals surface area contributed by atoms with E-state index in [1.807, 2.05) is 0 Å². The number of hydrogen-bond acceptors (Lipinski definition) is 2. The minimum atomic E-state index is -4.50. The van der Waals surface area contributed by atoms with Crippen LogP contribution in [0.25, 0.3) is 16.5 Å². The van der Waals surface area contributed by atoms with Gasteiger partial charge in [0.15, 0.2) is 0 Å². The molecule has 0 saturated heterocycles.